The topological polar surface area (TPSA) is 95.9 Å². The zero-order valence-electron chi connectivity index (χ0n) is 44.2. The zero-order chi connectivity index (χ0) is 47.9. The number of ether oxygens (including phenoxy) is 1. The lowest BCUT2D eigenvalue weighted by Crippen LogP contribution is -2.45. The number of rotatable bonds is 54. The van der Waals surface area contributed by atoms with Gasteiger partial charge in [-0.15, -0.1) is 0 Å². The Morgan fingerprint density at radius 2 is 0.758 bits per heavy atom. The average molecular weight is 929 g/mol. The molecule has 66 heavy (non-hydrogen) atoms. The summed E-state index contributed by atoms with van der Waals surface area (Å²) >= 11 is 0. The van der Waals surface area contributed by atoms with E-state index in [1.54, 1.807) is 6.08 Å². The molecule has 0 spiro atoms. The molecule has 0 radical (unpaired) electrons. The summed E-state index contributed by atoms with van der Waals surface area (Å²) in [5.74, 6) is -0.0733. The first-order chi connectivity index (χ1) is 32.5. The van der Waals surface area contributed by atoms with E-state index in [1.807, 2.05) is 6.08 Å². The third kappa shape index (κ3) is 51.5. The first-order valence-corrected chi connectivity index (χ1v) is 29.3. The molecule has 3 N–H and O–H groups in total. The van der Waals surface area contributed by atoms with Crippen LogP contribution in [0.1, 0.15) is 309 Å². The van der Waals surface area contributed by atoms with E-state index in [1.165, 1.54) is 231 Å². The van der Waals surface area contributed by atoms with Crippen LogP contribution in [0.4, 0.5) is 0 Å². The predicted octanol–water partition coefficient (Wildman–Crippen LogP) is 18.0. The fourth-order valence-corrected chi connectivity index (χ4v) is 8.90. The van der Waals surface area contributed by atoms with Gasteiger partial charge in [0.1, 0.15) is 0 Å². The first-order valence-electron chi connectivity index (χ1n) is 29.3. The van der Waals surface area contributed by atoms with Crippen LogP contribution in [0.5, 0.6) is 0 Å². The number of amides is 1. The van der Waals surface area contributed by atoms with Gasteiger partial charge in [0.15, 0.2) is 0 Å². The smallest absolute Gasteiger partial charge is 0.305 e. The van der Waals surface area contributed by atoms with Crippen LogP contribution in [0.3, 0.4) is 0 Å². The minimum absolute atomic E-state index is 0.00103. The van der Waals surface area contributed by atoms with Crippen LogP contribution in [0.2, 0.25) is 0 Å². The van der Waals surface area contributed by atoms with Gasteiger partial charge in [-0.25, -0.2) is 0 Å². The van der Waals surface area contributed by atoms with Crippen molar-refractivity contribution >= 4 is 11.9 Å². The fraction of sp³-hybridized carbons (Fsp3) is 0.867. The molecule has 0 fully saturated rings. The highest BCUT2D eigenvalue weighted by Crippen LogP contribution is 2.17. The summed E-state index contributed by atoms with van der Waals surface area (Å²) in [6.45, 7) is 4.88. The number of unbranched alkanes of at least 4 members (excludes halogenated alkanes) is 39. The predicted molar refractivity (Wildman–Crippen MR) is 287 cm³/mol. The van der Waals surface area contributed by atoms with E-state index in [0.717, 1.165) is 51.4 Å². The molecular weight excluding hydrogens is 815 g/mol. The van der Waals surface area contributed by atoms with Crippen LogP contribution in [0.15, 0.2) is 36.5 Å². The Morgan fingerprint density at radius 3 is 1.17 bits per heavy atom. The molecule has 0 heterocycles. The summed E-state index contributed by atoms with van der Waals surface area (Å²) < 4.78 is 5.49. The molecule has 6 heteroatoms. The van der Waals surface area contributed by atoms with E-state index in [4.69, 9.17) is 4.74 Å². The average Bonchev–Trinajstić information content (AvgIpc) is 3.32. The maximum absolute atomic E-state index is 12.4. The lowest BCUT2D eigenvalue weighted by Gasteiger charge is -2.20. The van der Waals surface area contributed by atoms with Crippen molar-refractivity contribution in [2.45, 2.75) is 321 Å². The normalized spacial score (nSPS) is 12.8. The monoisotopic (exact) mass is 928 g/mol. The maximum atomic E-state index is 12.4. The van der Waals surface area contributed by atoms with Crippen LogP contribution in [0.25, 0.3) is 0 Å². The highest BCUT2D eigenvalue weighted by Gasteiger charge is 2.18. The Labute approximate surface area is 411 Å². The van der Waals surface area contributed by atoms with Gasteiger partial charge in [0, 0.05) is 12.8 Å². The molecule has 6 nitrogen and oxygen atoms in total. The molecule has 2 unspecified atom stereocenters. The maximum Gasteiger partial charge on any atom is 0.305 e. The molecule has 0 aliphatic heterocycles. The van der Waals surface area contributed by atoms with Crippen molar-refractivity contribution in [2.75, 3.05) is 13.2 Å². The van der Waals surface area contributed by atoms with Crippen LogP contribution in [-0.4, -0.2) is 47.4 Å². The summed E-state index contributed by atoms with van der Waals surface area (Å²) in [5, 5.41) is 23.1. The van der Waals surface area contributed by atoms with Gasteiger partial charge in [-0.3, -0.25) is 9.59 Å². The van der Waals surface area contributed by atoms with Crippen molar-refractivity contribution in [1.82, 2.24) is 5.32 Å². The van der Waals surface area contributed by atoms with Gasteiger partial charge < -0.3 is 20.3 Å². The summed E-state index contributed by atoms with van der Waals surface area (Å²) in [7, 11) is 0. The van der Waals surface area contributed by atoms with Crippen molar-refractivity contribution in [3.63, 3.8) is 0 Å². The molecule has 0 aliphatic rings. The quantitative estimate of drug-likeness (QED) is 0.0321. The minimum atomic E-state index is -0.847. The molecule has 0 aromatic rings. The highest BCUT2D eigenvalue weighted by atomic mass is 16.5. The SMILES string of the molecule is CCCCCC/C=C\C/C=C\CCCCCCCCCC(=O)OCCCCCCCCCCCCCCCCCCCCC(=O)NC(CO)C(O)/C=C/CCCCCCCCCCCCC. The standard InChI is InChI=1S/C60H113NO5/c1-3-5-7-9-11-13-15-17-18-19-23-26-30-34-38-42-46-50-54-60(65)66-55-51-47-43-39-35-31-27-24-21-20-22-25-29-33-37-41-45-49-53-59(64)61-57(56-62)58(63)52-48-44-40-36-32-28-16-14-12-10-8-6-4-2/h13,15,18-19,48,52,57-58,62-63H,3-12,14,16-17,20-47,49-51,53-56H2,1-2H3,(H,61,64)/b15-13-,19-18-,52-48+. The van der Waals surface area contributed by atoms with Gasteiger partial charge in [-0.1, -0.05) is 269 Å². The number of carbonyl (C=O) groups excluding carboxylic acids is 2. The lowest BCUT2D eigenvalue weighted by atomic mass is 10.0. The van der Waals surface area contributed by atoms with Crippen LogP contribution in [0, 0.1) is 0 Å². The highest BCUT2D eigenvalue weighted by molar-refractivity contribution is 5.76. The Bertz CT molecular complexity index is 1070. The third-order valence-electron chi connectivity index (χ3n) is 13.4. The van der Waals surface area contributed by atoms with Gasteiger partial charge in [-0.2, -0.15) is 0 Å². The number of esters is 1. The largest absolute Gasteiger partial charge is 0.466 e. The third-order valence-corrected chi connectivity index (χ3v) is 13.4. The van der Waals surface area contributed by atoms with Crippen LogP contribution in [-0.2, 0) is 14.3 Å². The summed E-state index contributed by atoms with van der Waals surface area (Å²) in [6, 6.07) is -0.631. The zero-order valence-corrected chi connectivity index (χ0v) is 44.2. The summed E-state index contributed by atoms with van der Waals surface area (Å²) in [6.07, 6.45) is 68.8. The Hall–Kier alpha value is -1.92. The molecule has 0 rings (SSSR count). The van der Waals surface area contributed by atoms with Gasteiger partial charge >= 0.3 is 5.97 Å². The lowest BCUT2D eigenvalue weighted by molar-refractivity contribution is -0.143. The molecular formula is C60H113NO5. The van der Waals surface area contributed by atoms with E-state index in [-0.39, 0.29) is 18.5 Å². The second-order valence-corrected chi connectivity index (χ2v) is 20.0. The van der Waals surface area contributed by atoms with Crippen molar-refractivity contribution in [2.24, 2.45) is 0 Å². The molecule has 0 aromatic heterocycles. The number of aliphatic hydroxyl groups is 2. The van der Waals surface area contributed by atoms with Gasteiger partial charge in [0.05, 0.1) is 25.4 Å². The van der Waals surface area contributed by atoms with Gasteiger partial charge in [0.2, 0.25) is 5.91 Å². The van der Waals surface area contributed by atoms with Gasteiger partial charge in [0.25, 0.3) is 0 Å². The van der Waals surface area contributed by atoms with Crippen molar-refractivity contribution in [1.29, 1.82) is 0 Å². The number of nitrogens with one attached hydrogen (secondary N) is 1. The molecule has 0 bridgehead atoms. The number of allylic oxidation sites excluding steroid dienone is 5. The Kier molecular flexibility index (Phi) is 54.1. The molecule has 0 saturated carbocycles. The Morgan fingerprint density at radius 1 is 0.424 bits per heavy atom. The number of aliphatic hydroxyl groups excluding tert-OH is 2. The number of hydrogen-bond donors (Lipinski definition) is 3. The van der Waals surface area contributed by atoms with Crippen LogP contribution < -0.4 is 5.32 Å². The van der Waals surface area contributed by atoms with E-state index < -0.39 is 12.1 Å². The fourth-order valence-electron chi connectivity index (χ4n) is 8.90. The van der Waals surface area contributed by atoms with Crippen molar-refractivity contribution < 1.29 is 24.5 Å². The van der Waals surface area contributed by atoms with Crippen molar-refractivity contribution in [3.05, 3.63) is 36.5 Å². The summed E-state index contributed by atoms with van der Waals surface area (Å²) in [4.78, 5) is 24.5. The first kappa shape index (κ1) is 64.1. The van der Waals surface area contributed by atoms with E-state index in [2.05, 4.69) is 43.5 Å². The van der Waals surface area contributed by atoms with E-state index in [9.17, 15) is 19.8 Å². The molecule has 0 aromatic carbocycles. The number of hydrogen-bond acceptors (Lipinski definition) is 5. The number of carbonyl (C=O) groups is 2. The van der Waals surface area contributed by atoms with E-state index in [0.29, 0.717) is 19.4 Å². The molecule has 0 aliphatic carbocycles. The van der Waals surface area contributed by atoms with E-state index >= 15 is 0 Å². The Balaban J connectivity index is 3.42. The molecule has 388 valence electrons. The molecule has 0 saturated heterocycles. The summed E-state index contributed by atoms with van der Waals surface area (Å²) in [5.41, 5.74) is 0. The second kappa shape index (κ2) is 55.7. The minimum Gasteiger partial charge on any atom is -0.466 e. The second-order valence-electron chi connectivity index (χ2n) is 20.0. The molecule has 1 amide bonds. The van der Waals surface area contributed by atoms with Gasteiger partial charge in [-0.05, 0) is 64.2 Å². The van der Waals surface area contributed by atoms with Crippen LogP contribution >= 0.6 is 0 Å². The van der Waals surface area contributed by atoms with Crippen molar-refractivity contribution in [3.8, 4) is 0 Å². The molecule has 2 atom stereocenters.